The molecule has 4 unspecified atom stereocenters. The highest BCUT2D eigenvalue weighted by atomic mass is 16.5. The predicted molar refractivity (Wildman–Crippen MR) is 277 cm³/mol. The number of ether oxygens (including phenoxy) is 3. The third-order valence-corrected chi connectivity index (χ3v) is 16.8. The number of fused-ring (bicyclic) bond motifs is 2. The number of carbonyl (C=O) groups excluding carboxylic acids is 6. The zero-order chi connectivity index (χ0) is 51.4. The Morgan fingerprint density at radius 2 is 0.945 bits per heavy atom. The molecule has 4 fully saturated rings. The van der Waals surface area contributed by atoms with Gasteiger partial charge in [-0.1, -0.05) is 62.8 Å². The van der Waals surface area contributed by atoms with E-state index in [0.717, 1.165) is 136 Å². The van der Waals surface area contributed by atoms with Crippen LogP contribution in [-0.4, -0.2) is 135 Å². The summed E-state index contributed by atoms with van der Waals surface area (Å²) in [5, 5.41) is 18.6. The van der Waals surface area contributed by atoms with Crippen molar-refractivity contribution in [1.82, 2.24) is 41.7 Å². The van der Waals surface area contributed by atoms with Crippen molar-refractivity contribution in [3.8, 4) is 11.5 Å². The lowest BCUT2D eigenvalue weighted by atomic mass is 9.83. The molecule has 2 aliphatic heterocycles. The molecule has 0 aromatic heterocycles. The first kappa shape index (κ1) is 54.0. The lowest BCUT2D eigenvalue weighted by molar-refractivity contribution is -0.143. The van der Waals surface area contributed by atoms with Gasteiger partial charge in [0.05, 0.1) is 37.4 Å². The zero-order valence-electron chi connectivity index (χ0n) is 43.8. The maximum absolute atomic E-state index is 14.2. The molecular weight excluding hydrogens is 929 g/mol. The fraction of sp³-hybridized carbons (Fsp3) is 0.679. The second kappa shape index (κ2) is 25.8. The first-order chi connectivity index (χ1) is 35.5. The Labute approximate surface area is 432 Å². The summed E-state index contributed by atoms with van der Waals surface area (Å²) in [6.07, 6.45) is 15.6. The minimum Gasteiger partial charge on any atom is -0.491 e. The summed E-state index contributed by atoms with van der Waals surface area (Å²) < 4.78 is 18.4. The van der Waals surface area contributed by atoms with Crippen molar-refractivity contribution in [3.63, 3.8) is 0 Å². The number of nitrogens with zero attached hydrogens (tertiary/aromatic N) is 2. The Balaban J connectivity index is 0.780. The standard InChI is InChI=1S/C56H82N8O9/c1-35(57-3)51(65)61-49(37-15-7-5-8-16-37)55(69)63-29-13-21-45(63)53(67)59-43-27-25-41-39(43)19-11-23-47(41)72-33-31-71-32-34-73-48-24-12-20-40-42(48)26-28-44(40)60-54(68)46-22-14-30-64(46)56(70)50(38-17-9-6-10-18-38)62-52(66)36(2)58-4/h11-12,19-20,23-24,35-38,43-46,49-50,57-58H,5-10,13-18,21-22,25-34H2,1-4H3,(H,59,67)(H,60,68)(H,61,65)(H,62,66)/t35?,36?,43-,44-,45+,46+,49?,50?/m1/s1. The maximum Gasteiger partial charge on any atom is 0.246 e. The smallest absolute Gasteiger partial charge is 0.246 e. The lowest BCUT2D eigenvalue weighted by Crippen LogP contribution is -2.58. The number of hydrogen-bond acceptors (Lipinski definition) is 11. The Bertz CT molecular complexity index is 2100. The molecule has 0 bridgehead atoms. The molecule has 6 aliphatic rings. The van der Waals surface area contributed by atoms with Gasteiger partial charge in [0.2, 0.25) is 35.4 Å². The quantitative estimate of drug-likeness (QED) is 0.0892. The van der Waals surface area contributed by atoms with Crippen LogP contribution < -0.4 is 41.4 Å². The summed E-state index contributed by atoms with van der Waals surface area (Å²) in [5.41, 5.74) is 4.19. The first-order valence-corrected chi connectivity index (χ1v) is 27.7. The van der Waals surface area contributed by atoms with E-state index in [1.165, 1.54) is 0 Å². The zero-order valence-corrected chi connectivity index (χ0v) is 43.8. The molecule has 2 aromatic carbocycles. The molecule has 2 saturated carbocycles. The monoisotopic (exact) mass is 1010 g/mol. The van der Waals surface area contributed by atoms with Crippen molar-refractivity contribution in [2.75, 3.05) is 53.6 Å². The van der Waals surface area contributed by atoms with Crippen LogP contribution in [0.3, 0.4) is 0 Å². The van der Waals surface area contributed by atoms with Crippen LogP contribution in [0.1, 0.15) is 151 Å². The van der Waals surface area contributed by atoms with Gasteiger partial charge in [0.1, 0.15) is 48.9 Å². The highest BCUT2D eigenvalue weighted by molar-refractivity contribution is 5.95. The Morgan fingerprint density at radius 1 is 0.534 bits per heavy atom. The van der Waals surface area contributed by atoms with E-state index in [4.69, 9.17) is 14.2 Å². The Hall–Kier alpha value is -5.26. The molecule has 17 nitrogen and oxygen atoms in total. The number of nitrogens with one attached hydrogen (secondary N) is 6. The lowest BCUT2D eigenvalue weighted by Gasteiger charge is -2.35. The van der Waals surface area contributed by atoms with Crippen LogP contribution in [0.15, 0.2) is 36.4 Å². The molecule has 8 atom stereocenters. The minimum absolute atomic E-state index is 0.0583. The second-order valence-corrected chi connectivity index (χ2v) is 21.3. The first-order valence-electron chi connectivity index (χ1n) is 27.7. The van der Waals surface area contributed by atoms with E-state index < -0.39 is 36.3 Å². The van der Waals surface area contributed by atoms with Gasteiger partial charge in [-0.15, -0.1) is 0 Å². The van der Waals surface area contributed by atoms with Crippen LogP contribution in [-0.2, 0) is 46.3 Å². The third kappa shape index (κ3) is 13.0. The summed E-state index contributed by atoms with van der Waals surface area (Å²) in [4.78, 5) is 85.8. The van der Waals surface area contributed by atoms with E-state index in [0.29, 0.717) is 52.4 Å². The number of likely N-dealkylation sites (tertiary alicyclic amines) is 2. The van der Waals surface area contributed by atoms with Crippen LogP contribution >= 0.6 is 0 Å². The van der Waals surface area contributed by atoms with Gasteiger partial charge in [-0.2, -0.15) is 0 Å². The number of carbonyl (C=O) groups is 6. The molecule has 400 valence electrons. The van der Waals surface area contributed by atoms with Crippen molar-refractivity contribution in [2.24, 2.45) is 11.8 Å². The summed E-state index contributed by atoms with van der Waals surface area (Å²) in [5.74, 6) is 0.649. The van der Waals surface area contributed by atoms with E-state index in [2.05, 4.69) is 31.9 Å². The van der Waals surface area contributed by atoms with Crippen LogP contribution in [0.4, 0.5) is 0 Å². The van der Waals surface area contributed by atoms with E-state index in [1.807, 2.05) is 36.4 Å². The Kier molecular flexibility index (Phi) is 19.1. The maximum atomic E-state index is 14.2. The molecule has 0 spiro atoms. The molecule has 6 amide bonds. The predicted octanol–water partition coefficient (Wildman–Crippen LogP) is 4.70. The minimum atomic E-state index is -0.641. The van der Waals surface area contributed by atoms with Gasteiger partial charge in [-0.3, -0.25) is 28.8 Å². The van der Waals surface area contributed by atoms with E-state index >= 15 is 0 Å². The fourth-order valence-corrected chi connectivity index (χ4v) is 12.4. The summed E-state index contributed by atoms with van der Waals surface area (Å²) >= 11 is 0. The molecular formula is C56H82N8O9. The van der Waals surface area contributed by atoms with Crippen molar-refractivity contribution in [3.05, 3.63) is 58.7 Å². The number of hydrogen-bond donors (Lipinski definition) is 6. The van der Waals surface area contributed by atoms with Crippen molar-refractivity contribution < 1.29 is 43.0 Å². The number of likely N-dealkylation sites (N-methyl/N-ethyl adjacent to an activating group) is 2. The molecule has 2 heterocycles. The summed E-state index contributed by atoms with van der Waals surface area (Å²) in [6, 6.07) is 8.19. The number of amides is 6. The largest absolute Gasteiger partial charge is 0.491 e. The summed E-state index contributed by atoms with van der Waals surface area (Å²) in [6.45, 7) is 5.97. The highest BCUT2D eigenvalue weighted by Gasteiger charge is 2.44. The molecule has 73 heavy (non-hydrogen) atoms. The molecule has 0 radical (unpaired) electrons. The second-order valence-electron chi connectivity index (χ2n) is 21.3. The van der Waals surface area contributed by atoms with Gasteiger partial charge in [0.15, 0.2) is 0 Å². The van der Waals surface area contributed by atoms with Crippen LogP contribution in [0.5, 0.6) is 11.5 Å². The topological polar surface area (TPSA) is 209 Å². The van der Waals surface area contributed by atoms with Crippen molar-refractivity contribution in [1.29, 1.82) is 0 Å². The van der Waals surface area contributed by atoms with Gasteiger partial charge in [-0.05, 0) is 151 Å². The number of benzene rings is 2. The SMILES string of the molecule is CNC(C)C(=O)NC(C(=O)N1CCC[C@H]1C(=O)N[C@@H]1CCc2c(OCCOCCOc3cccc4c3CC[C@H]4NC(=O)[C@@H]3CCCN3C(=O)C(NC(=O)C(C)NC)C3CCCCC3)cccc21)C1CCCCC1. The van der Waals surface area contributed by atoms with E-state index in [-0.39, 0.29) is 59.4 Å². The van der Waals surface area contributed by atoms with Gasteiger partial charge >= 0.3 is 0 Å². The molecule has 17 heteroatoms. The third-order valence-electron chi connectivity index (χ3n) is 16.8. The van der Waals surface area contributed by atoms with Crippen LogP contribution in [0.25, 0.3) is 0 Å². The van der Waals surface area contributed by atoms with Gasteiger partial charge in [0.25, 0.3) is 0 Å². The summed E-state index contributed by atoms with van der Waals surface area (Å²) in [7, 11) is 3.46. The van der Waals surface area contributed by atoms with Gasteiger partial charge < -0.3 is 55.9 Å². The number of rotatable bonds is 22. The molecule has 2 aromatic rings. The average Bonchev–Trinajstić information content (AvgIpc) is 4.27. The molecule has 4 aliphatic carbocycles. The van der Waals surface area contributed by atoms with E-state index in [9.17, 15) is 28.8 Å². The van der Waals surface area contributed by atoms with Gasteiger partial charge in [0, 0.05) is 13.1 Å². The normalized spacial score (nSPS) is 23.7. The van der Waals surface area contributed by atoms with Crippen LogP contribution in [0, 0.1) is 11.8 Å². The van der Waals surface area contributed by atoms with Gasteiger partial charge in [-0.25, -0.2) is 0 Å². The van der Waals surface area contributed by atoms with Crippen LogP contribution in [0.2, 0.25) is 0 Å². The Morgan fingerprint density at radius 3 is 1.34 bits per heavy atom. The average molecular weight is 1010 g/mol. The fourth-order valence-electron chi connectivity index (χ4n) is 12.4. The van der Waals surface area contributed by atoms with E-state index in [1.54, 1.807) is 37.7 Å². The molecule has 2 saturated heterocycles. The van der Waals surface area contributed by atoms with Crippen molar-refractivity contribution >= 4 is 35.4 Å². The molecule has 6 N–H and O–H groups in total. The molecule has 8 rings (SSSR count). The highest BCUT2D eigenvalue weighted by Crippen LogP contribution is 2.39. The van der Waals surface area contributed by atoms with Crippen molar-refractivity contribution in [2.45, 2.75) is 178 Å².